The number of rotatable bonds is 6. The number of hydrogen-bond donors (Lipinski definition) is 3. The number of anilines is 3. The molecule has 0 unspecified atom stereocenters. The van der Waals surface area contributed by atoms with Crippen molar-refractivity contribution in [1.82, 2.24) is 0 Å². The average molecular weight is 360 g/mol. The van der Waals surface area contributed by atoms with Crippen LogP contribution >= 0.6 is 11.9 Å². The van der Waals surface area contributed by atoms with Gasteiger partial charge in [0.15, 0.2) is 0 Å². The Hall–Kier alpha value is -1.85. The van der Waals surface area contributed by atoms with Gasteiger partial charge in [0.1, 0.15) is 0 Å². The number of ether oxygens (including phenoxy) is 1. The Kier molecular flexibility index (Phi) is 8.49. The Morgan fingerprint density at radius 1 is 1.08 bits per heavy atom. The predicted octanol–water partition coefficient (Wildman–Crippen LogP) is 5.25. The molecule has 0 saturated carbocycles. The summed E-state index contributed by atoms with van der Waals surface area (Å²) in [5.74, 6) is 0.676. The standard InChI is InChI=1S/C18H23N3OS.C2H6/c19-17-12-15(21-23-16-4-2-1-3-5-16)6-7-18(17)20-13-14-8-10-22-11-9-14;1-2/h1-7,12,14,20-21H,8-11,13,19H2;1-2H3. The zero-order chi connectivity index (χ0) is 17.9. The number of hydrogen-bond acceptors (Lipinski definition) is 5. The van der Waals surface area contributed by atoms with Crippen LogP contribution in [-0.2, 0) is 4.74 Å². The van der Waals surface area contributed by atoms with Gasteiger partial charge in [-0.05, 0) is 61.0 Å². The molecule has 4 nitrogen and oxygen atoms in total. The molecule has 0 radical (unpaired) electrons. The van der Waals surface area contributed by atoms with Crippen LogP contribution in [0.5, 0.6) is 0 Å². The van der Waals surface area contributed by atoms with Gasteiger partial charge in [-0.25, -0.2) is 0 Å². The Labute approximate surface area is 155 Å². The van der Waals surface area contributed by atoms with Crippen molar-refractivity contribution in [2.45, 2.75) is 31.6 Å². The molecule has 0 bridgehead atoms. The minimum atomic E-state index is 0.676. The van der Waals surface area contributed by atoms with Gasteiger partial charge in [-0.1, -0.05) is 32.0 Å². The van der Waals surface area contributed by atoms with Crippen LogP contribution in [0.25, 0.3) is 0 Å². The van der Waals surface area contributed by atoms with Gasteiger partial charge in [0.25, 0.3) is 0 Å². The van der Waals surface area contributed by atoms with Crippen LogP contribution in [0.1, 0.15) is 26.7 Å². The second kappa shape index (κ2) is 10.9. The van der Waals surface area contributed by atoms with Crippen LogP contribution < -0.4 is 15.8 Å². The predicted molar refractivity (Wildman–Crippen MR) is 110 cm³/mol. The molecule has 0 aromatic heterocycles. The maximum atomic E-state index is 6.17. The Bertz CT molecular complexity index is 616. The molecule has 0 spiro atoms. The highest BCUT2D eigenvalue weighted by atomic mass is 32.2. The van der Waals surface area contributed by atoms with E-state index in [1.807, 2.05) is 44.2 Å². The number of nitrogens with one attached hydrogen (secondary N) is 2. The van der Waals surface area contributed by atoms with E-state index < -0.39 is 0 Å². The zero-order valence-electron chi connectivity index (χ0n) is 15.1. The third kappa shape index (κ3) is 6.52. The third-order valence-corrected chi connectivity index (χ3v) is 4.85. The average Bonchev–Trinajstić information content (AvgIpc) is 2.69. The van der Waals surface area contributed by atoms with E-state index >= 15 is 0 Å². The minimum Gasteiger partial charge on any atom is -0.397 e. The summed E-state index contributed by atoms with van der Waals surface area (Å²) in [6.45, 7) is 6.71. The lowest BCUT2D eigenvalue weighted by Crippen LogP contribution is -2.22. The molecule has 1 fully saturated rings. The largest absolute Gasteiger partial charge is 0.397 e. The van der Waals surface area contributed by atoms with Crippen LogP contribution in [0.15, 0.2) is 53.4 Å². The number of nitrogen functional groups attached to an aromatic ring is 1. The lowest BCUT2D eigenvalue weighted by molar-refractivity contribution is 0.0699. The highest BCUT2D eigenvalue weighted by Gasteiger charge is 2.13. The summed E-state index contributed by atoms with van der Waals surface area (Å²) in [5, 5.41) is 3.47. The SMILES string of the molecule is CC.Nc1cc(NSc2ccccc2)ccc1NCC1CCOCC1. The summed E-state index contributed by atoms with van der Waals surface area (Å²) < 4.78 is 8.72. The Morgan fingerprint density at radius 2 is 1.80 bits per heavy atom. The van der Waals surface area contributed by atoms with Crippen molar-refractivity contribution in [1.29, 1.82) is 0 Å². The quantitative estimate of drug-likeness (QED) is 0.485. The second-order valence-electron chi connectivity index (χ2n) is 5.76. The second-order valence-corrected chi connectivity index (χ2v) is 6.64. The van der Waals surface area contributed by atoms with Crippen LogP contribution in [0.4, 0.5) is 17.1 Å². The van der Waals surface area contributed by atoms with Gasteiger partial charge in [-0.15, -0.1) is 0 Å². The maximum absolute atomic E-state index is 6.17. The molecule has 1 aliphatic rings. The summed E-state index contributed by atoms with van der Waals surface area (Å²) in [5.41, 5.74) is 8.96. The van der Waals surface area contributed by atoms with E-state index in [9.17, 15) is 0 Å². The number of benzene rings is 2. The first kappa shape index (κ1) is 19.5. The molecule has 0 amide bonds. The van der Waals surface area contributed by atoms with Crippen molar-refractivity contribution >= 4 is 29.0 Å². The van der Waals surface area contributed by atoms with Gasteiger partial charge in [0.2, 0.25) is 0 Å². The van der Waals surface area contributed by atoms with Gasteiger partial charge in [0.05, 0.1) is 11.4 Å². The molecule has 1 saturated heterocycles. The fraction of sp³-hybridized carbons (Fsp3) is 0.400. The molecular weight excluding hydrogens is 330 g/mol. The molecule has 2 aromatic carbocycles. The van der Waals surface area contributed by atoms with E-state index in [0.717, 1.165) is 49.7 Å². The van der Waals surface area contributed by atoms with Gasteiger partial charge in [-0.3, -0.25) is 0 Å². The minimum absolute atomic E-state index is 0.676. The smallest absolute Gasteiger partial charge is 0.0575 e. The highest BCUT2D eigenvalue weighted by molar-refractivity contribution is 8.00. The topological polar surface area (TPSA) is 59.3 Å². The summed E-state index contributed by atoms with van der Waals surface area (Å²) in [7, 11) is 0. The van der Waals surface area contributed by atoms with E-state index in [1.54, 1.807) is 11.9 Å². The Morgan fingerprint density at radius 3 is 2.48 bits per heavy atom. The molecule has 3 rings (SSSR count). The molecule has 2 aromatic rings. The Balaban J connectivity index is 0.00000109. The van der Waals surface area contributed by atoms with Crippen LogP contribution in [0.2, 0.25) is 0 Å². The summed E-state index contributed by atoms with van der Waals surface area (Å²) >= 11 is 1.58. The van der Waals surface area contributed by atoms with Gasteiger partial charge in [-0.2, -0.15) is 0 Å². The highest BCUT2D eigenvalue weighted by Crippen LogP contribution is 2.27. The van der Waals surface area contributed by atoms with Crippen LogP contribution in [0, 0.1) is 5.92 Å². The van der Waals surface area contributed by atoms with Crippen molar-refractivity contribution in [3.05, 3.63) is 48.5 Å². The fourth-order valence-electron chi connectivity index (χ4n) is 2.60. The van der Waals surface area contributed by atoms with Crippen molar-refractivity contribution < 1.29 is 4.74 Å². The molecule has 1 heterocycles. The first-order chi connectivity index (χ1) is 12.3. The third-order valence-electron chi connectivity index (χ3n) is 4.00. The van der Waals surface area contributed by atoms with Crippen molar-refractivity contribution in [2.75, 3.05) is 35.5 Å². The molecule has 4 N–H and O–H groups in total. The normalized spacial score (nSPS) is 14.3. The lowest BCUT2D eigenvalue weighted by Gasteiger charge is -2.23. The molecule has 136 valence electrons. The molecule has 0 aliphatic carbocycles. The van der Waals surface area contributed by atoms with Gasteiger partial charge < -0.3 is 20.5 Å². The molecule has 25 heavy (non-hydrogen) atoms. The molecular formula is C20H29N3OS. The van der Waals surface area contributed by atoms with E-state index in [4.69, 9.17) is 10.5 Å². The van der Waals surface area contributed by atoms with E-state index in [-0.39, 0.29) is 0 Å². The monoisotopic (exact) mass is 359 g/mol. The first-order valence-electron chi connectivity index (χ1n) is 9.00. The number of nitrogens with two attached hydrogens (primary N) is 1. The summed E-state index contributed by atoms with van der Waals surface area (Å²) in [4.78, 5) is 1.17. The summed E-state index contributed by atoms with van der Waals surface area (Å²) in [6.07, 6.45) is 2.25. The molecule has 0 atom stereocenters. The van der Waals surface area contributed by atoms with Crippen LogP contribution in [-0.4, -0.2) is 19.8 Å². The van der Waals surface area contributed by atoms with Gasteiger partial charge in [0, 0.05) is 30.3 Å². The van der Waals surface area contributed by atoms with Crippen molar-refractivity contribution in [2.24, 2.45) is 5.92 Å². The van der Waals surface area contributed by atoms with E-state index in [1.165, 1.54) is 4.90 Å². The van der Waals surface area contributed by atoms with Gasteiger partial charge >= 0.3 is 0 Å². The van der Waals surface area contributed by atoms with E-state index in [0.29, 0.717) is 5.92 Å². The zero-order valence-corrected chi connectivity index (χ0v) is 15.9. The van der Waals surface area contributed by atoms with Crippen molar-refractivity contribution in [3.63, 3.8) is 0 Å². The van der Waals surface area contributed by atoms with Crippen LogP contribution in [0.3, 0.4) is 0 Å². The van der Waals surface area contributed by atoms with E-state index in [2.05, 4.69) is 28.2 Å². The fourth-order valence-corrected chi connectivity index (χ4v) is 3.25. The summed E-state index contributed by atoms with van der Waals surface area (Å²) in [6, 6.07) is 16.3. The lowest BCUT2D eigenvalue weighted by atomic mass is 10.0. The first-order valence-corrected chi connectivity index (χ1v) is 9.82. The maximum Gasteiger partial charge on any atom is 0.0575 e. The molecule has 5 heteroatoms. The van der Waals surface area contributed by atoms with Crippen molar-refractivity contribution in [3.8, 4) is 0 Å². The molecule has 1 aliphatic heterocycles.